The first-order chi connectivity index (χ1) is 12.6. The summed E-state index contributed by atoms with van der Waals surface area (Å²) in [5, 5.41) is 12.4. The molecule has 26 heavy (non-hydrogen) atoms. The normalized spacial score (nSPS) is 10.8. The fourth-order valence-corrected chi connectivity index (χ4v) is 2.34. The van der Waals surface area contributed by atoms with Gasteiger partial charge in [-0.3, -0.25) is 4.79 Å². The lowest BCUT2D eigenvalue weighted by atomic mass is 10.1. The van der Waals surface area contributed by atoms with E-state index in [1.165, 1.54) is 6.08 Å². The molecule has 2 rings (SSSR count). The summed E-state index contributed by atoms with van der Waals surface area (Å²) in [5.41, 5.74) is 0.999. The maximum Gasteiger partial charge on any atom is 0.266 e. The molecule has 134 valence electrons. The molecule has 0 bridgehead atoms. The fraction of sp³-hybridized carbons (Fsp3) is 0.200. The van der Waals surface area contributed by atoms with Crippen LogP contribution in [0.4, 0.5) is 5.69 Å². The van der Waals surface area contributed by atoms with E-state index >= 15 is 0 Å². The number of halogens is 1. The maximum absolute atomic E-state index is 12.4. The van der Waals surface area contributed by atoms with Crippen LogP contribution in [0.3, 0.4) is 0 Å². The molecule has 0 unspecified atom stereocenters. The Kier molecular flexibility index (Phi) is 7.07. The van der Waals surface area contributed by atoms with Gasteiger partial charge in [-0.05, 0) is 36.8 Å². The molecule has 0 aliphatic heterocycles. The highest BCUT2D eigenvalue weighted by molar-refractivity contribution is 6.34. The molecule has 1 amide bonds. The van der Waals surface area contributed by atoms with Crippen LogP contribution in [0.1, 0.15) is 18.9 Å². The summed E-state index contributed by atoms with van der Waals surface area (Å²) < 4.78 is 10.9. The van der Waals surface area contributed by atoms with E-state index in [2.05, 4.69) is 5.32 Å². The van der Waals surface area contributed by atoms with Crippen molar-refractivity contribution in [2.45, 2.75) is 13.3 Å². The van der Waals surface area contributed by atoms with Crippen LogP contribution in [0.25, 0.3) is 6.08 Å². The number of methoxy groups -OCH3 is 1. The van der Waals surface area contributed by atoms with Gasteiger partial charge in [0.15, 0.2) is 0 Å². The van der Waals surface area contributed by atoms with E-state index in [-0.39, 0.29) is 5.57 Å². The van der Waals surface area contributed by atoms with Crippen molar-refractivity contribution in [2.24, 2.45) is 0 Å². The van der Waals surface area contributed by atoms with Gasteiger partial charge >= 0.3 is 0 Å². The van der Waals surface area contributed by atoms with Crippen molar-refractivity contribution in [3.63, 3.8) is 0 Å². The number of nitriles is 1. The van der Waals surface area contributed by atoms with E-state index in [0.717, 1.165) is 6.42 Å². The summed E-state index contributed by atoms with van der Waals surface area (Å²) in [6.07, 6.45) is 2.31. The van der Waals surface area contributed by atoms with Gasteiger partial charge in [0, 0.05) is 11.6 Å². The molecule has 0 fully saturated rings. The Morgan fingerprint density at radius 3 is 2.73 bits per heavy atom. The third-order valence-electron chi connectivity index (χ3n) is 3.47. The van der Waals surface area contributed by atoms with Crippen molar-refractivity contribution in [1.82, 2.24) is 0 Å². The van der Waals surface area contributed by atoms with Crippen LogP contribution in [0, 0.1) is 11.3 Å². The van der Waals surface area contributed by atoms with Gasteiger partial charge in [0.05, 0.1) is 24.4 Å². The third kappa shape index (κ3) is 5.01. The number of hydrogen-bond donors (Lipinski definition) is 1. The van der Waals surface area contributed by atoms with Gasteiger partial charge in [-0.15, -0.1) is 0 Å². The predicted molar refractivity (Wildman–Crippen MR) is 102 cm³/mol. The van der Waals surface area contributed by atoms with Gasteiger partial charge in [0.2, 0.25) is 0 Å². The van der Waals surface area contributed by atoms with Gasteiger partial charge in [-0.1, -0.05) is 30.7 Å². The second-order valence-electron chi connectivity index (χ2n) is 5.36. The SMILES string of the molecule is CCCOc1cc(OC)ccc1/C=C(\C#N)C(=O)Nc1ccccc1Cl. The highest BCUT2D eigenvalue weighted by Crippen LogP contribution is 2.28. The Labute approximate surface area is 157 Å². The quantitative estimate of drug-likeness (QED) is 0.567. The van der Waals surface area contributed by atoms with Crippen LogP contribution in [0.5, 0.6) is 11.5 Å². The summed E-state index contributed by atoms with van der Waals surface area (Å²) in [4.78, 5) is 12.4. The first kappa shape index (κ1) is 19.4. The van der Waals surface area contributed by atoms with E-state index in [0.29, 0.717) is 34.4 Å². The first-order valence-corrected chi connectivity index (χ1v) is 8.45. The van der Waals surface area contributed by atoms with Crippen molar-refractivity contribution in [3.05, 3.63) is 58.6 Å². The number of benzene rings is 2. The number of nitrogens with zero attached hydrogens (tertiary/aromatic N) is 1. The Bertz CT molecular complexity index is 856. The Balaban J connectivity index is 2.31. The van der Waals surface area contributed by atoms with Crippen molar-refractivity contribution in [3.8, 4) is 17.6 Å². The number of para-hydroxylation sites is 1. The molecule has 0 spiro atoms. The molecule has 0 saturated carbocycles. The highest BCUT2D eigenvalue weighted by atomic mass is 35.5. The number of nitrogens with one attached hydrogen (secondary N) is 1. The topological polar surface area (TPSA) is 71.3 Å². The zero-order chi connectivity index (χ0) is 18.9. The van der Waals surface area contributed by atoms with Crippen LogP contribution in [-0.4, -0.2) is 19.6 Å². The van der Waals surface area contributed by atoms with Gasteiger partial charge in [0.1, 0.15) is 23.1 Å². The van der Waals surface area contributed by atoms with E-state index < -0.39 is 5.91 Å². The second kappa shape index (κ2) is 9.50. The average molecular weight is 371 g/mol. The van der Waals surface area contributed by atoms with Crippen molar-refractivity contribution < 1.29 is 14.3 Å². The standard InChI is InChI=1S/C20H19ClN2O3/c1-3-10-26-19-12-16(25-2)9-8-14(19)11-15(13-22)20(24)23-18-7-5-4-6-17(18)21/h4-9,11-12H,3,10H2,1-2H3,(H,23,24)/b15-11+. The van der Waals surface area contributed by atoms with Crippen molar-refractivity contribution in [1.29, 1.82) is 5.26 Å². The van der Waals surface area contributed by atoms with Gasteiger partial charge < -0.3 is 14.8 Å². The molecular weight excluding hydrogens is 352 g/mol. The molecule has 0 aromatic heterocycles. The van der Waals surface area contributed by atoms with Crippen molar-refractivity contribution in [2.75, 3.05) is 19.0 Å². The third-order valence-corrected chi connectivity index (χ3v) is 3.80. The Hall–Kier alpha value is -2.97. The molecule has 6 heteroatoms. The molecule has 2 aromatic carbocycles. The van der Waals surface area contributed by atoms with Gasteiger partial charge in [-0.2, -0.15) is 5.26 Å². The van der Waals surface area contributed by atoms with Crippen LogP contribution in [0.15, 0.2) is 48.0 Å². The van der Waals surface area contributed by atoms with E-state index in [4.69, 9.17) is 21.1 Å². The minimum absolute atomic E-state index is 0.0589. The lowest BCUT2D eigenvalue weighted by Gasteiger charge is -2.11. The molecular formula is C20H19ClN2O3. The van der Waals surface area contributed by atoms with Crippen molar-refractivity contribution >= 4 is 29.3 Å². The molecule has 0 heterocycles. The smallest absolute Gasteiger partial charge is 0.266 e. The number of hydrogen-bond acceptors (Lipinski definition) is 4. The minimum Gasteiger partial charge on any atom is -0.497 e. The number of ether oxygens (including phenoxy) is 2. The van der Waals surface area contributed by atoms with E-state index in [1.807, 2.05) is 13.0 Å². The Morgan fingerprint density at radius 2 is 2.08 bits per heavy atom. The molecule has 2 aromatic rings. The number of carbonyl (C=O) groups excluding carboxylic acids is 1. The summed E-state index contributed by atoms with van der Waals surface area (Å²) in [6.45, 7) is 2.51. The Morgan fingerprint density at radius 1 is 1.31 bits per heavy atom. The number of carbonyl (C=O) groups is 1. The predicted octanol–water partition coefficient (Wildman–Crippen LogP) is 4.68. The molecule has 0 radical (unpaired) electrons. The zero-order valence-electron chi connectivity index (χ0n) is 14.6. The molecule has 0 saturated heterocycles. The number of amides is 1. The molecule has 0 atom stereocenters. The summed E-state index contributed by atoms with van der Waals surface area (Å²) in [5.74, 6) is 0.634. The maximum atomic E-state index is 12.4. The van der Waals surface area contributed by atoms with Crippen LogP contribution >= 0.6 is 11.6 Å². The molecule has 1 N–H and O–H groups in total. The number of rotatable bonds is 7. The highest BCUT2D eigenvalue weighted by Gasteiger charge is 2.13. The monoisotopic (exact) mass is 370 g/mol. The fourth-order valence-electron chi connectivity index (χ4n) is 2.15. The van der Waals surface area contributed by atoms with Gasteiger partial charge in [0.25, 0.3) is 5.91 Å². The number of anilines is 1. The van der Waals surface area contributed by atoms with Crippen LogP contribution in [-0.2, 0) is 4.79 Å². The average Bonchev–Trinajstić information content (AvgIpc) is 2.66. The first-order valence-electron chi connectivity index (χ1n) is 8.07. The summed E-state index contributed by atoms with van der Waals surface area (Å²) in [7, 11) is 1.56. The minimum atomic E-state index is -0.544. The van der Waals surface area contributed by atoms with Gasteiger partial charge in [-0.25, -0.2) is 0 Å². The van der Waals surface area contributed by atoms with E-state index in [9.17, 15) is 10.1 Å². The van der Waals surface area contributed by atoms with Crippen LogP contribution in [0.2, 0.25) is 5.02 Å². The largest absolute Gasteiger partial charge is 0.497 e. The van der Waals surface area contributed by atoms with E-state index in [1.54, 1.807) is 49.6 Å². The molecule has 5 nitrogen and oxygen atoms in total. The second-order valence-corrected chi connectivity index (χ2v) is 5.76. The molecule has 0 aliphatic carbocycles. The lowest BCUT2D eigenvalue weighted by molar-refractivity contribution is -0.112. The zero-order valence-corrected chi connectivity index (χ0v) is 15.3. The lowest BCUT2D eigenvalue weighted by Crippen LogP contribution is -2.13. The summed E-state index contributed by atoms with van der Waals surface area (Å²) in [6, 6.07) is 14.0. The summed E-state index contributed by atoms with van der Waals surface area (Å²) >= 11 is 6.04. The van der Waals surface area contributed by atoms with Crippen LogP contribution < -0.4 is 14.8 Å². The molecule has 0 aliphatic rings.